The Kier molecular flexibility index (Phi) is 6.95. The maximum Gasteiger partial charge on any atom is 0.324 e. The summed E-state index contributed by atoms with van der Waals surface area (Å²) in [4.78, 5) is 28.4. The maximum absolute atomic E-state index is 13.1. The van der Waals surface area contributed by atoms with E-state index in [0.29, 0.717) is 29.7 Å². The second-order valence-corrected chi connectivity index (χ2v) is 13.9. The Balaban J connectivity index is 1.07. The Morgan fingerprint density at radius 3 is 2.17 bits per heavy atom. The maximum atomic E-state index is 13.1. The van der Waals surface area contributed by atoms with E-state index >= 15 is 0 Å². The van der Waals surface area contributed by atoms with Crippen molar-refractivity contribution < 1.29 is 9.59 Å². The van der Waals surface area contributed by atoms with Gasteiger partial charge in [-0.05, 0) is 87.6 Å². The lowest BCUT2D eigenvalue weighted by molar-refractivity contribution is -0.141. The molecule has 2 bridgehead atoms. The van der Waals surface area contributed by atoms with Crippen LogP contribution in [0.3, 0.4) is 0 Å². The molecule has 0 spiro atoms. The average molecular weight is 554 g/mol. The summed E-state index contributed by atoms with van der Waals surface area (Å²) in [6.07, 6.45) is 7.64. The summed E-state index contributed by atoms with van der Waals surface area (Å²) >= 11 is 0. The minimum atomic E-state index is -0.301. The van der Waals surface area contributed by atoms with Crippen LogP contribution in [0.15, 0.2) is 54.6 Å². The van der Waals surface area contributed by atoms with Gasteiger partial charge in [-0.1, -0.05) is 57.5 Å². The highest BCUT2D eigenvalue weighted by Crippen LogP contribution is 2.50. The molecule has 7 nitrogen and oxygen atoms in total. The summed E-state index contributed by atoms with van der Waals surface area (Å²) in [6, 6.07) is 18.8. The molecule has 3 aromatic rings. The number of hydrogen-bond acceptors (Lipinski definition) is 3. The van der Waals surface area contributed by atoms with Gasteiger partial charge in [0.2, 0.25) is 5.91 Å². The van der Waals surface area contributed by atoms with Gasteiger partial charge < -0.3 is 10.2 Å². The van der Waals surface area contributed by atoms with Crippen LogP contribution in [0.4, 0.5) is 16.3 Å². The van der Waals surface area contributed by atoms with Crippen molar-refractivity contribution in [2.75, 3.05) is 10.6 Å². The van der Waals surface area contributed by atoms with Crippen LogP contribution < -0.4 is 10.6 Å². The first-order valence-corrected chi connectivity index (χ1v) is 15.2. The first kappa shape index (κ1) is 27.6. The minimum Gasteiger partial charge on any atom is -0.336 e. The number of anilines is 2. The molecule has 1 aliphatic carbocycles. The number of carbonyl (C=O) groups excluding carboxylic acids is 2. The number of urea groups is 1. The zero-order valence-electron chi connectivity index (χ0n) is 25.0. The van der Waals surface area contributed by atoms with E-state index in [1.165, 1.54) is 11.1 Å². The van der Waals surface area contributed by atoms with E-state index in [1.54, 1.807) is 4.68 Å². The SMILES string of the molecule is Cc1ccc(-n2nc(C(C)(C)C)cc2NC(=O)Nc2ccc(CC3CC4CCC(C3)N4C(=O)C3(C)CC3)cc2)cc1. The van der Waals surface area contributed by atoms with Crippen molar-refractivity contribution in [1.82, 2.24) is 14.7 Å². The van der Waals surface area contributed by atoms with Gasteiger partial charge in [-0.2, -0.15) is 5.10 Å². The van der Waals surface area contributed by atoms with Gasteiger partial charge in [-0.3, -0.25) is 10.1 Å². The second-order valence-electron chi connectivity index (χ2n) is 13.9. The molecule has 2 N–H and O–H groups in total. The molecule has 216 valence electrons. The van der Waals surface area contributed by atoms with E-state index in [1.807, 2.05) is 42.5 Å². The Hall–Kier alpha value is -3.61. The monoisotopic (exact) mass is 553 g/mol. The van der Waals surface area contributed by atoms with E-state index in [0.717, 1.165) is 62.0 Å². The molecule has 41 heavy (non-hydrogen) atoms. The normalized spacial score (nSPS) is 22.9. The first-order chi connectivity index (χ1) is 19.5. The third-order valence-electron chi connectivity index (χ3n) is 9.32. The summed E-state index contributed by atoms with van der Waals surface area (Å²) < 4.78 is 1.79. The Morgan fingerprint density at radius 2 is 1.59 bits per heavy atom. The van der Waals surface area contributed by atoms with E-state index in [-0.39, 0.29) is 16.9 Å². The van der Waals surface area contributed by atoms with E-state index < -0.39 is 0 Å². The lowest BCUT2D eigenvalue weighted by Crippen LogP contribution is -2.49. The fourth-order valence-electron chi connectivity index (χ4n) is 6.56. The number of carbonyl (C=O) groups is 2. The molecule has 0 radical (unpaired) electrons. The highest BCUT2D eigenvalue weighted by atomic mass is 16.2. The van der Waals surface area contributed by atoms with Crippen LogP contribution in [0.2, 0.25) is 0 Å². The van der Waals surface area contributed by atoms with Crippen LogP contribution in [0.5, 0.6) is 0 Å². The molecule has 2 saturated heterocycles. The number of nitrogens with zero attached hydrogens (tertiary/aromatic N) is 3. The molecular weight excluding hydrogens is 510 g/mol. The Labute approximate surface area is 243 Å². The van der Waals surface area contributed by atoms with Gasteiger partial charge in [0, 0.05) is 34.7 Å². The van der Waals surface area contributed by atoms with Crippen LogP contribution in [-0.2, 0) is 16.6 Å². The number of amides is 3. The molecule has 1 aromatic heterocycles. The number of aryl methyl sites for hydroxylation is 1. The van der Waals surface area contributed by atoms with Crippen LogP contribution >= 0.6 is 0 Å². The molecule has 6 rings (SSSR count). The van der Waals surface area contributed by atoms with Gasteiger partial charge in [0.05, 0.1) is 11.4 Å². The standard InChI is InChI=1S/C34H43N5O2/c1-22-6-12-26(13-7-22)39-30(21-29(37-39)33(2,3)4)36-32(41)35-25-10-8-23(9-11-25)18-24-19-27-14-15-28(20-24)38(27)31(40)34(5)16-17-34/h6-13,21,24,27-28H,14-20H2,1-5H3,(H2,35,36,41). The molecule has 3 heterocycles. The van der Waals surface area contributed by atoms with Crippen molar-refractivity contribution in [3.8, 4) is 5.69 Å². The van der Waals surface area contributed by atoms with E-state index in [2.05, 4.69) is 62.3 Å². The summed E-state index contributed by atoms with van der Waals surface area (Å²) in [5.74, 6) is 1.64. The second kappa shape index (κ2) is 10.3. The van der Waals surface area contributed by atoms with Gasteiger partial charge in [0.1, 0.15) is 5.82 Å². The molecule has 2 aromatic carbocycles. The molecular formula is C34H43N5O2. The van der Waals surface area contributed by atoms with Gasteiger partial charge in [0.15, 0.2) is 0 Å². The lowest BCUT2D eigenvalue weighted by atomic mass is 9.85. The van der Waals surface area contributed by atoms with Crippen LogP contribution in [0.25, 0.3) is 5.69 Å². The third kappa shape index (κ3) is 5.77. The molecule has 3 fully saturated rings. The summed E-state index contributed by atoms with van der Waals surface area (Å²) in [7, 11) is 0. The highest BCUT2D eigenvalue weighted by Gasteiger charge is 2.53. The number of rotatable bonds is 6. The Morgan fingerprint density at radius 1 is 0.951 bits per heavy atom. The molecule has 3 amide bonds. The average Bonchev–Trinajstić information content (AvgIpc) is 3.44. The van der Waals surface area contributed by atoms with Crippen molar-refractivity contribution in [3.05, 3.63) is 71.4 Å². The summed E-state index contributed by atoms with van der Waals surface area (Å²) in [6.45, 7) is 10.5. The first-order valence-electron chi connectivity index (χ1n) is 15.2. The number of nitrogens with one attached hydrogen (secondary N) is 2. The number of hydrogen-bond donors (Lipinski definition) is 2. The quantitative estimate of drug-likeness (QED) is 0.338. The number of aromatic nitrogens is 2. The number of fused-ring (bicyclic) bond motifs is 2. The van der Waals surface area contributed by atoms with Gasteiger partial charge in [0.25, 0.3) is 0 Å². The van der Waals surface area contributed by atoms with Crippen LogP contribution in [0.1, 0.15) is 83.0 Å². The van der Waals surface area contributed by atoms with Crippen molar-refractivity contribution in [2.45, 2.75) is 97.1 Å². The molecule has 1 saturated carbocycles. The predicted octanol–water partition coefficient (Wildman–Crippen LogP) is 7.23. The zero-order valence-corrected chi connectivity index (χ0v) is 25.0. The van der Waals surface area contributed by atoms with E-state index in [9.17, 15) is 9.59 Å². The summed E-state index contributed by atoms with van der Waals surface area (Å²) in [5.41, 5.74) is 4.78. The summed E-state index contributed by atoms with van der Waals surface area (Å²) in [5, 5.41) is 10.8. The van der Waals surface area contributed by atoms with Crippen LogP contribution in [0, 0.1) is 18.3 Å². The Bertz CT molecular complexity index is 1420. The number of benzene rings is 2. The molecule has 2 aliphatic heterocycles. The van der Waals surface area contributed by atoms with E-state index in [4.69, 9.17) is 5.10 Å². The van der Waals surface area contributed by atoms with Gasteiger partial charge in [-0.15, -0.1) is 0 Å². The highest BCUT2D eigenvalue weighted by molar-refractivity contribution is 5.99. The fourth-order valence-corrected chi connectivity index (χ4v) is 6.56. The zero-order chi connectivity index (χ0) is 28.9. The topological polar surface area (TPSA) is 79.3 Å². The molecule has 2 unspecified atom stereocenters. The predicted molar refractivity (Wildman–Crippen MR) is 164 cm³/mol. The molecule has 3 aliphatic rings. The van der Waals surface area contributed by atoms with Gasteiger partial charge in [-0.25, -0.2) is 9.48 Å². The smallest absolute Gasteiger partial charge is 0.324 e. The van der Waals surface area contributed by atoms with Crippen molar-refractivity contribution in [3.63, 3.8) is 0 Å². The van der Waals surface area contributed by atoms with Crippen molar-refractivity contribution >= 4 is 23.4 Å². The largest absolute Gasteiger partial charge is 0.336 e. The fraction of sp³-hybridized carbons (Fsp3) is 0.500. The lowest BCUT2D eigenvalue weighted by Gasteiger charge is -2.40. The number of piperidine rings is 1. The molecule has 2 atom stereocenters. The third-order valence-corrected chi connectivity index (χ3v) is 9.32. The van der Waals surface area contributed by atoms with Gasteiger partial charge >= 0.3 is 6.03 Å². The van der Waals surface area contributed by atoms with Crippen molar-refractivity contribution in [2.24, 2.45) is 11.3 Å². The molecule has 7 heteroatoms. The minimum absolute atomic E-state index is 0.0715. The van der Waals surface area contributed by atoms with Crippen LogP contribution in [-0.4, -0.2) is 38.7 Å². The van der Waals surface area contributed by atoms with Crippen molar-refractivity contribution in [1.29, 1.82) is 0 Å².